The Kier molecular flexibility index (Phi) is 5.85. The van der Waals surface area contributed by atoms with Crippen molar-refractivity contribution in [1.29, 1.82) is 0 Å². The lowest BCUT2D eigenvalue weighted by atomic mass is 10.1. The van der Waals surface area contributed by atoms with Gasteiger partial charge in [0.25, 0.3) is 0 Å². The van der Waals surface area contributed by atoms with Crippen LogP contribution >= 0.6 is 0 Å². The monoisotopic (exact) mass is 373 g/mol. The molecule has 0 atom stereocenters. The quantitative estimate of drug-likeness (QED) is 0.480. The fraction of sp³-hybridized carbons (Fsp3) is 0.550. The molecule has 0 bridgehead atoms. The highest BCUT2D eigenvalue weighted by atomic mass is 28.3. The van der Waals surface area contributed by atoms with Crippen molar-refractivity contribution >= 4 is 24.9 Å². The summed E-state index contributed by atoms with van der Waals surface area (Å²) in [5, 5.41) is 1.04. The number of ether oxygens (including phenoxy) is 1. The van der Waals surface area contributed by atoms with Crippen LogP contribution in [0.3, 0.4) is 0 Å². The number of carbonyl (C=O) groups excluding carboxylic acids is 1. The Hall–Kier alpha value is -1.63. The summed E-state index contributed by atoms with van der Waals surface area (Å²) < 4.78 is 5.79. The first kappa shape index (κ1) is 19.1. The van der Waals surface area contributed by atoms with E-state index in [-0.39, 0.29) is 5.97 Å². The van der Waals surface area contributed by atoms with Gasteiger partial charge in [0.1, 0.15) is 5.75 Å². The number of aromatic amines is 1. The van der Waals surface area contributed by atoms with Crippen LogP contribution in [-0.2, 0) is 11.2 Å². The van der Waals surface area contributed by atoms with Gasteiger partial charge in [-0.25, -0.2) is 0 Å². The highest BCUT2D eigenvalue weighted by molar-refractivity contribution is 6.77. The molecule has 6 heteroatoms. The number of hydrogen-bond donors (Lipinski definition) is 1. The standard InChI is InChI=1S/C20H31N3O2Si/c1-22(2)9-8-16-14-21-17-6-5-7-18(20(16)17)25-19(24)15-23-10-12-26(3,4)13-11-23/h5-7,14,21H,8-13,15H2,1-4H3. The largest absolute Gasteiger partial charge is 0.425 e. The van der Waals surface area contributed by atoms with Crippen molar-refractivity contribution in [2.45, 2.75) is 31.6 Å². The summed E-state index contributed by atoms with van der Waals surface area (Å²) >= 11 is 0. The van der Waals surface area contributed by atoms with Gasteiger partial charge in [-0.15, -0.1) is 0 Å². The van der Waals surface area contributed by atoms with E-state index in [2.05, 4.69) is 42.0 Å². The summed E-state index contributed by atoms with van der Waals surface area (Å²) in [5.41, 5.74) is 2.22. The van der Waals surface area contributed by atoms with Crippen LogP contribution in [0, 0.1) is 0 Å². The average Bonchev–Trinajstić information content (AvgIpc) is 2.99. The van der Waals surface area contributed by atoms with Crippen LogP contribution < -0.4 is 4.74 Å². The van der Waals surface area contributed by atoms with Gasteiger partial charge in [0.2, 0.25) is 0 Å². The minimum absolute atomic E-state index is 0.154. The number of H-pyrrole nitrogens is 1. The van der Waals surface area contributed by atoms with E-state index < -0.39 is 8.07 Å². The molecule has 0 saturated carbocycles. The van der Waals surface area contributed by atoms with Crippen molar-refractivity contribution in [1.82, 2.24) is 14.8 Å². The first-order valence-electron chi connectivity index (χ1n) is 9.51. The Bertz CT molecular complexity index is 760. The highest BCUT2D eigenvalue weighted by Crippen LogP contribution is 2.29. The number of aromatic nitrogens is 1. The zero-order valence-corrected chi connectivity index (χ0v) is 17.5. The van der Waals surface area contributed by atoms with Crippen LogP contribution in [-0.4, -0.2) is 69.1 Å². The number of nitrogens with zero attached hydrogens (tertiary/aromatic N) is 2. The van der Waals surface area contributed by atoms with Gasteiger partial charge in [-0.05, 0) is 63.4 Å². The van der Waals surface area contributed by atoms with Crippen molar-refractivity contribution in [3.63, 3.8) is 0 Å². The maximum Gasteiger partial charge on any atom is 0.325 e. The summed E-state index contributed by atoms with van der Waals surface area (Å²) in [7, 11) is 3.12. The lowest BCUT2D eigenvalue weighted by Gasteiger charge is -2.34. The molecule has 0 aliphatic carbocycles. The molecule has 26 heavy (non-hydrogen) atoms. The van der Waals surface area contributed by atoms with Gasteiger partial charge >= 0.3 is 5.97 Å². The molecular weight excluding hydrogens is 342 g/mol. The fourth-order valence-electron chi connectivity index (χ4n) is 3.50. The number of nitrogens with one attached hydrogen (secondary N) is 1. The van der Waals surface area contributed by atoms with E-state index in [0.717, 1.165) is 37.0 Å². The molecule has 1 saturated heterocycles. The molecule has 2 heterocycles. The number of carbonyl (C=O) groups is 1. The van der Waals surface area contributed by atoms with E-state index >= 15 is 0 Å². The SMILES string of the molecule is CN(C)CCc1c[nH]c2cccc(OC(=O)CN3CC[Si](C)(C)CC3)c12. The van der Waals surface area contributed by atoms with Gasteiger partial charge in [0, 0.05) is 31.7 Å². The van der Waals surface area contributed by atoms with Crippen LogP contribution in [0.2, 0.25) is 25.2 Å². The number of esters is 1. The zero-order valence-electron chi connectivity index (χ0n) is 16.5. The smallest absolute Gasteiger partial charge is 0.325 e. The van der Waals surface area contributed by atoms with Gasteiger partial charge in [0.05, 0.1) is 6.54 Å². The minimum Gasteiger partial charge on any atom is -0.425 e. The molecule has 1 N–H and O–H groups in total. The maximum absolute atomic E-state index is 12.5. The van der Waals surface area contributed by atoms with Gasteiger partial charge in [-0.3, -0.25) is 9.69 Å². The molecular formula is C20H31N3O2Si. The van der Waals surface area contributed by atoms with Crippen LogP contribution in [0.25, 0.3) is 10.9 Å². The Labute approximate surface area is 157 Å². The molecule has 2 aromatic rings. The van der Waals surface area contributed by atoms with Gasteiger partial charge in [-0.2, -0.15) is 0 Å². The third kappa shape index (κ3) is 4.75. The van der Waals surface area contributed by atoms with Crippen molar-refractivity contribution in [3.8, 4) is 5.75 Å². The molecule has 1 fully saturated rings. The molecule has 1 aromatic heterocycles. The maximum atomic E-state index is 12.5. The van der Waals surface area contributed by atoms with Gasteiger partial charge in [-0.1, -0.05) is 19.2 Å². The molecule has 1 aliphatic rings. The lowest BCUT2D eigenvalue weighted by molar-refractivity contribution is -0.135. The van der Waals surface area contributed by atoms with Crippen molar-refractivity contribution in [2.24, 2.45) is 0 Å². The van der Waals surface area contributed by atoms with E-state index in [4.69, 9.17) is 4.74 Å². The normalized spacial score (nSPS) is 17.7. The Morgan fingerprint density at radius 1 is 1.27 bits per heavy atom. The summed E-state index contributed by atoms with van der Waals surface area (Å²) in [6.45, 7) is 8.27. The second kappa shape index (κ2) is 7.94. The van der Waals surface area contributed by atoms with Crippen LogP contribution in [0.1, 0.15) is 5.56 Å². The molecule has 3 rings (SSSR count). The zero-order chi connectivity index (χ0) is 18.7. The Morgan fingerprint density at radius 3 is 2.69 bits per heavy atom. The van der Waals surface area contributed by atoms with E-state index in [9.17, 15) is 4.79 Å². The minimum atomic E-state index is -1.01. The molecule has 0 radical (unpaired) electrons. The predicted molar refractivity (Wildman–Crippen MR) is 110 cm³/mol. The second-order valence-corrected chi connectivity index (χ2v) is 13.8. The molecule has 0 spiro atoms. The number of fused-ring (bicyclic) bond motifs is 1. The van der Waals surface area contributed by atoms with Crippen molar-refractivity contribution in [3.05, 3.63) is 30.0 Å². The third-order valence-corrected chi connectivity index (χ3v) is 8.52. The molecule has 0 amide bonds. The first-order valence-corrected chi connectivity index (χ1v) is 12.9. The fourth-order valence-corrected chi connectivity index (χ4v) is 5.59. The third-order valence-electron chi connectivity index (χ3n) is 5.36. The van der Waals surface area contributed by atoms with Crippen LogP contribution in [0.5, 0.6) is 5.75 Å². The molecule has 0 unspecified atom stereocenters. The Morgan fingerprint density at radius 2 is 2.00 bits per heavy atom. The van der Waals surface area contributed by atoms with Gasteiger partial charge in [0.15, 0.2) is 0 Å². The van der Waals surface area contributed by atoms with Crippen molar-refractivity contribution < 1.29 is 9.53 Å². The molecule has 1 aromatic carbocycles. The summed E-state index contributed by atoms with van der Waals surface area (Å²) in [4.78, 5) is 20.2. The van der Waals surface area contributed by atoms with E-state index in [1.165, 1.54) is 17.7 Å². The summed E-state index contributed by atoms with van der Waals surface area (Å²) in [5.74, 6) is 0.521. The van der Waals surface area contributed by atoms with E-state index in [1.54, 1.807) is 0 Å². The number of hydrogen-bond acceptors (Lipinski definition) is 4. The first-order chi connectivity index (χ1) is 12.3. The summed E-state index contributed by atoms with van der Waals surface area (Å²) in [6.07, 6.45) is 2.95. The topological polar surface area (TPSA) is 48.6 Å². The van der Waals surface area contributed by atoms with Crippen LogP contribution in [0.15, 0.2) is 24.4 Å². The van der Waals surface area contributed by atoms with Gasteiger partial charge < -0.3 is 14.6 Å². The van der Waals surface area contributed by atoms with Crippen molar-refractivity contribution in [2.75, 3.05) is 40.3 Å². The number of likely N-dealkylation sites (N-methyl/N-ethyl adjacent to an activating group) is 1. The Balaban J connectivity index is 1.68. The molecule has 5 nitrogen and oxygen atoms in total. The molecule has 142 valence electrons. The lowest BCUT2D eigenvalue weighted by Crippen LogP contribution is -2.45. The molecule has 1 aliphatic heterocycles. The van der Waals surface area contributed by atoms with E-state index in [1.807, 2.05) is 24.4 Å². The van der Waals surface area contributed by atoms with Crippen LogP contribution in [0.4, 0.5) is 0 Å². The number of rotatable bonds is 6. The predicted octanol–water partition coefficient (Wildman–Crippen LogP) is 3.20. The highest BCUT2D eigenvalue weighted by Gasteiger charge is 2.28. The van der Waals surface area contributed by atoms with E-state index in [0.29, 0.717) is 12.3 Å². The summed E-state index contributed by atoms with van der Waals surface area (Å²) in [6, 6.07) is 8.40. The second-order valence-electron chi connectivity index (χ2n) is 8.46. The average molecular weight is 374 g/mol. The number of benzene rings is 1.